The fourth-order valence-electron chi connectivity index (χ4n) is 2.01. The van der Waals surface area contributed by atoms with Crippen LogP contribution in [-0.2, 0) is 0 Å². The van der Waals surface area contributed by atoms with E-state index in [1.54, 1.807) is 0 Å². The molecule has 6 nitrogen and oxygen atoms in total. The van der Waals surface area contributed by atoms with Crippen LogP contribution >= 0.6 is 0 Å². The summed E-state index contributed by atoms with van der Waals surface area (Å²) in [6.45, 7) is 2.15. The van der Waals surface area contributed by atoms with Gasteiger partial charge in [-0.15, -0.1) is 0 Å². The quantitative estimate of drug-likeness (QED) is 0.651. The van der Waals surface area contributed by atoms with Crippen LogP contribution in [0.2, 0.25) is 0 Å². The number of hydrogen-bond donors (Lipinski definition) is 1. The Morgan fingerprint density at radius 2 is 2.32 bits per heavy atom. The number of nitrogens with one attached hydrogen (secondary N) is 1. The van der Waals surface area contributed by atoms with Gasteiger partial charge in [0.1, 0.15) is 0 Å². The number of benzene rings is 1. The minimum Gasteiger partial charge on any atom is -0.490 e. The molecule has 0 amide bonds. The maximum absolute atomic E-state index is 13.7. The largest absolute Gasteiger partial charge is 0.490 e. The van der Waals surface area contributed by atoms with Crippen molar-refractivity contribution < 1.29 is 18.8 Å². The molecule has 1 aliphatic rings. The molecule has 1 atom stereocenters. The molecule has 0 aliphatic carbocycles. The van der Waals surface area contributed by atoms with E-state index in [1.807, 2.05) is 0 Å². The number of nitro benzene ring substituents is 1. The smallest absolute Gasteiger partial charge is 0.314 e. The summed E-state index contributed by atoms with van der Waals surface area (Å²) in [5.74, 6) is -0.445. The average molecular weight is 270 g/mol. The van der Waals surface area contributed by atoms with E-state index in [0.29, 0.717) is 12.5 Å². The van der Waals surface area contributed by atoms with Crippen molar-refractivity contribution in [2.45, 2.75) is 6.42 Å². The first-order valence-corrected chi connectivity index (χ1v) is 5.97. The van der Waals surface area contributed by atoms with Crippen LogP contribution in [0.25, 0.3) is 0 Å². The zero-order valence-corrected chi connectivity index (χ0v) is 10.5. The third kappa shape index (κ3) is 3.11. The molecule has 7 heteroatoms. The van der Waals surface area contributed by atoms with Gasteiger partial charge in [0.05, 0.1) is 24.7 Å². The number of hydrogen-bond acceptors (Lipinski definition) is 5. The zero-order valence-electron chi connectivity index (χ0n) is 10.5. The summed E-state index contributed by atoms with van der Waals surface area (Å²) in [5, 5.41) is 13.9. The van der Waals surface area contributed by atoms with Crippen molar-refractivity contribution in [3.63, 3.8) is 0 Å². The molecule has 1 heterocycles. The molecule has 0 aromatic heterocycles. The van der Waals surface area contributed by atoms with E-state index in [-0.39, 0.29) is 11.5 Å². The molecule has 0 spiro atoms. The third-order valence-electron chi connectivity index (χ3n) is 3.07. The van der Waals surface area contributed by atoms with Crippen molar-refractivity contribution in [1.29, 1.82) is 0 Å². The monoisotopic (exact) mass is 270 g/mol. The fraction of sp³-hybridized carbons (Fsp3) is 0.500. The molecular formula is C12H15FN2O4. The first-order chi connectivity index (χ1) is 9.11. The van der Waals surface area contributed by atoms with Gasteiger partial charge >= 0.3 is 5.69 Å². The fourth-order valence-corrected chi connectivity index (χ4v) is 2.01. The Balaban J connectivity index is 2.13. The van der Waals surface area contributed by atoms with E-state index in [1.165, 1.54) is 13.2 Å². The van der Waals surface area contributed by atoms with Gasteiger partial charge in [-0.05, 0) is 13.0 Å². The highest BCUT2D eigenvalue weighted by Crippen LogP contribution is 2.33. The molecule has 1 unspecified atom stereocenters. The van der Waals surface area contributed by atoms with Crippen LogP contribution in [0.5, 0.6) is 11.5 Å². The predicted molar refractivity (Wildman–Crippen MR) is 66.1 cm³/mol. The third-order valence-corrected chi connectivity index (χ3v) is 3.07. The maximum atomic E-state index is 13.7. The standard InChI is InChI=1S/C12H15FN2O4/c1-18-12-5-11(9(13)4-10(12)15(16)17)19-7-8-2-3-14-6-8/h4-5,8,14H,2-3,6-7H2,1H3. The Morgan fingerprint density at radius 1 is 1.53 bits per heavy atom. The van der Waals surface area contributed by atoms with Crippen molar-refractivity contribution in [3.8, 4) is 11.5 Å². The van der Waals surface area contributed by atoms with Crippen LogP contribution in [0.1, 0.15) is 6.42 Å². The highest BCUT2D eigenvalue weighted by molar-refractivity contribution is 5.51. The van der Waals surface area contributed by atoms with Gasteiger partial charge in [-0.1, -0.05) is 0 Å². The van der Waals surface area contributed by atoms with Gasteiger partial charge < -0.3 is 14.8 Å². The van der Waals surface area contributed by atoms with E-state index in [0.717, 1.165) is 25.6 Å². The van der Waals surface area contributed by atoms with Crippen molar-refractivity contribution >= 4 is 5.69 Å². The van der Waals surface area contributed by atoms with Gasteiger partial charge in [-0.3, -0.25) is 10.1 Å². The van der Waals surface area contributed by atoms with Gasteiger partial charge in [0.25, 0.3) is 0 Å². The van der Waals surface area contributed by atoms with E-state index in [2.05, 4.69) is 5.32 Å². The van der Waals surface area contributed by atoms with E-state index < -0.39 is 16.4 Å². The SMILES string of the molecule is COc1cc(OCC2CCNC2)c(F)cc1[N+](=O)[O-]. The maximum Gasteiger partial charge on any atom is 0.314 e. The van der Waals surface area contributed by atoms with Crippen LogP contribution < -0.4 is 14.8 Å². The summed E-state index contributed by atoms with van der Waals surface area (Å²) in [4.78, 5) is 10.0. The van der Waals surface area contributed by atoms with E-state index >= 15 is 0 Å². The summed E-state index contributed by atoms with van der Waals surface area (Å²) in [6, 6.07) is 2.04. The molecule has 0 saturated carbocycles. The Labute approximate surface area is 109 Å². The van der Waals surface area contributed by atoms with Crippen molar-refractivity contribution in [1.82, 2.24) is 5.32 Å². The molecule has 1 aromatic carbocycles. The molecular weight excluding hydrogens is 255 g/mol. The van der Waals surface area contributed by atoms with E-state index in [4.69, 9.17) is 9.47 Å². The molecule has 1 aliphatic heterocycles. The molecule has 1 aromatic rings. The van der Waals surface area contributed by atoms with Gasteiger partial charge in [0.2, 0.25) is 5.75 Å². The molecule has 0 bridgehead atoms. The molecule has 104 valence electrons. The van der Waals surface area contributed by atoms with Crippen LogP contribution in [0.3, 0.4) is 0 Å². The molecule has 1 saturated heterocycles. The first-order valence-electron chi connectivity index (χ1n) is 5.97. The number of nitro groups is 1. The van der Waals surface area contributed by atoms with Crippen LogP contribution in [0, 0.1) is 21.8 Å². The van der Waals surface area contributed by atoms with Gasteiger partial charge in [0, 0.05) is 18.5 Å². The number of ether oxygens (including phenoxy) is 2. The van der Waals surface area contributed by atoms with Gasteiger partial charge in [-0.2, -0.15) is 0 Å². The number of halogens is 1. The second kappa shape index (κ2) is 5.83. The minimum absolute atomic E-state index is 0.00838. The molecule has 19 heavy (non-hydrogen) atoms. The minimum atomic E-state index is -0.751. The highest BCUT2D eigenvalue weighted by Gasteiger charge is 2.21. The van der Waals surface area contributed by atoms with Crippen molar-refractivity contribution in [2.75, 3.05) is 26.8 Å². The van der Waals surface area contributed by atoms with Gasteiger partial charge in [0.15, 0.2) is 11.6 Å². The normalized spacial score (nSPS) is 18.3. The predicted octanol–water partition coefficient (Wildman–Crippen LogP) is 1.73. The lowest BCUT2D eigenvalue weighted by molar-refractivity contribution is -0.386. The van der Waals surface area contributed by atoms with Crippen LogP contribution in [0.15, 0.2) is 12.1 Å². The van der Waals surface area contributed by atoms with E-state index in [9.17, 15) is 14.5 Å². The second-order valence-corrected chi connectivity index (χ2v) is 4.38. The summed E-state index contributed by atoms with van der Waals surface area (Å²) in [5.41, 5.74) is -0.408. The number of rotatable bonds is 5. The lowest BCUT2D eigenvalue weighted by atomic mass is 10.1. The summed E-state index contributed by atoms with van der Waals surface area (Å²) in [7, 11) is 1.30. The Kier molecular flexibility index (Phi) is 4.16. The number of methoxy groups -OCH3 is 1. The molecule has 1 N–H and O–H groups in total. The van der Waals surface area contributed by atoms with Crippen molar-refractivity contribution in [2.24, 2.45) is 5.92 Å². The first kappa shape index (κ1) is 13.5. The lowest BCUT2D eigenvalue weighted by Gasteiger charge is -2.12. The summed E-state index contributed by atoms with van der Waals surface area (Å²) >= 11 is 0. The summed E-state index contributed by atoms with van der Waals surface area (Å²) < 4.78 is 24.0. The van der Waals surface area contributed by atoms with Crippen LogP contribution in [0.4, 0.5) is 10.1 Å². The topological polar surface area (TPSA) is 73.6 Å². The average Bonchev–Trinajstić information content (AvgIpc) is 2.90. The molecule has 1 fully saturated rings. The number of nitrogens with zero attached hydrogens (tertiary/aromatic N) is 1. The highest BCUT2D eigenvalue weighted by atomic mass is 19.1. The Bertz CT molecular complexity index is 475. The van der Waals surface area contributed by atoms with Crippen LogP contribution in [-0.4, -0.2) is 31.7 Å². The lowest BCUT2D eigenvalue weighted by Crippen LogP contribution is -2.16. The second-order valence-electron chi connectivity index (χ2n) is 4.38. The Hall–Kier alpha value is -1.89. The Morgan fingerprint density at radius 3 is 2.89 bits per heavy atom. The summed E-state index contributed by atoms with van der Waals surface area (Å²) in [6.07, 6.45) is 0.978. The van der Waals surface area contributed by atoms with Crippen molar-refractivity contribution in [3.05, 3.63) is 28.1 Å². The molecule has 2 rings (SSSR count). The zero-order chi connectivity index (χ0) is 13.8. The molecule has 0 radical (unpaired) electrons. The van der Waals surface area contributed by atoms with Gasteiger partial charge in [-0.25, -0.2) is 4.39 Å².